The number of ketones is 1. The highest BCUT2D eigenvalue weighted by atomic mass is 16.1. The summed E-state index contributed by atoms with van der Waals surface area (Å²) >= 11 is 0. The molecule has 0 aromatic rings. The van der Waals surface area contributed by atoms with Gasteiger partial charge in [0.2, 0.25) is 0 Å². The second kappa shape index (κ2) is 5.51. The van der Waals surface area contributed by atoms with Gasteiger partial charge in [0.25, 0.3) is 0 Å². The Morgan fingerprint density at radius 1 is 1.41 bits per heavy atom. The van der Waals surface area contributed by atoms with E-state index in [4.69, 9.17) is 0 Å². The standard InChI is InChI=1S/C15H27NO/c1-3-7-15(8-9-16-11-15)14(17)13-6-4-5-12(2)10-13/h12-13,16H,3-11H2,1-2H3. The fraction of sp³-hybridized carbons (Fsp3) is 0.933. The third-order valence-electron chi connectivity index (χ3n) is 4.80. The van der Waals surface area contributed by atoms with E-state index in [0.29, 0.717) is 11.7 Å². The second-order valence-electron chi connectivity index (χ2n) is 6.29. The molecule has 0 bridgehead atoms. The monoisotopic (exact) mass is 237 g/mol. The zero-order valence-electron chi connectivity index (χ0n) is 11.4. The van der Waals surface area contributed by atoms with Crippen LogP contribution in [0.5, 0.6) is 0 Å². The molecule has 1 aliphatic heterocycles. The van der Waals surface area contributed by atoms with Crippen LogP contribution in [0.3, 0.4) is 0 Å². The van der Waals surface area contributed by atoms with Crippen LogP contribution in [-0.2, 0) is 4.79 Å². The van der Waals surface area contributed by atoms with Crippen LogP contribution in [0.1, 0.15) is 58.8 Å². The van der Waals surface area contributed by atoms with Crippen molar-refractivity contribution in [2.45, 2.75) is 58.8 Å². The van der Waals surface area contributed by atoms with Gasteiger partial charge in [0.1, 0.15) is 5.78 Å². The predicted molar refractivity (Wildman–Crippen MR) is 71.0 cm³/mol. The summed E-state index contributed by atoms with van der Waals surface area (Å²) in [4.78, 5) is 12.8. The van der Waals surface area contributed by atoms with Gasteiger partial charge in [0.05, 0.1) is 0 Å². The lowest BCUT2D eigenvalue weighted by Crippen LogP contribution is -2.39. The first kappa shape index (κ1) is 13.1. The molecule has 2 rings (SSSR count). The molecular formula is C15H27NO. The summed E-state index contributed by atoms with van der Waals surface area (Å²) < 4.78 is 0. The molecular weight excluding hydrogens is 210 g/mol. The molecule has 2 nitrogen and oxygen atoms in total. The zero-order chi connectivity index (χ0) is 12.3. The van der Waals surface area contributed by atoms with Crippen LogP contribution in [-0.4, -0.2) is 18.9 Å². The second-order valence-corrected chi connectivity index (χ2v) is 6.29. The van der Waals surface area contributed by atoms with Gasteiger partial charge in [-0.2, -0.15) is 0 Å². The van der Waals surface area contributed by atoms with E-state index < -0.39 is 0 Å². The number of rotatable bonds is 4. The summed E-state index contributed by atoms with van der Waals surface area (Å²) in [5.74, 6) is 1.71. The first-order valence-electron chi connectivity index (χ1n) is 7.43. The van der Waals surface area contributed by atoms with E-state index in [9.17, 15) is 4.79 Å². The van der Waals surface area contributed by atoms with Crippen LogP contribution in [0.25, 0.3) is 0 Å². The lowest BCUT2D eigenvalue weighted by molar-refractivity contribution is -0.134. The Bertz CT molecular complexity index is 268. The van der Waals surface area contributed by atoms with Crippen molar-refractivity contribution >= 4 is 5.78 Å². The molecule has 3 atom stereocenters. The van der Waals surface area contributed by atoms with Crippen molar-refractivity contribution < 1.29 is 4.79 Å². The van der Waals surface area contributed by atoms with Crippen molar-refractivity contribution in [3.8, 4) is 0 Å². The maximum atomic E-state index is 12.8. The van der Waals surface area contributed by atoms with Gasteiger partial charge in [-0.1, -0.05) is 33.1 Å². The van der Waals surface area contributed by atoms with Gasteiger partial charge in [-0.25, -0.2) is 0 Å². The Hall–Kier alpha value is -0.370. The summed E-state index contributed by atoms with van der Waals surface area (Å²) in [7, 11) is 0. The summed E-state index contributed by atoms with van der Waals surface area (Å²) in [6.07, 6.45) is 8.17. The normalized spacial score (nSPS) is 38.2. The van der Waals surface area contributed by atoms with Gasteiger partial charge >= 0.3 is 0 Å². The molecule has 1 aliphatic carbocycles. The molecule has 0 spiro atoms. The summed E-state index contributed by atoms with van der Waals surface area (Å²) in [5, 5.41) is 3.41. The molecule has 0 aromatic heterocycles. The maximum Gasteiger partial charge on any atom is 0.143 e. The topological polar surface area (TPSA) is 29.1 Å². The average Bonchev–Trinajstić information content (AvgIpc) is 2.78. The van der Waals surface area contributed by atoms with E-state index >= 15 is 0 Å². The van der Waals surface area contributed by atoms with Gasteiger partial charge in [0.15, 0.2) is 0 Å². The third-order valence-corrected chi connectivity index (χ3v) is 4.80. The molecule has 3 unspecified atom stereocenters. The van der Waals surface area contributed by atoms with Gasteiger partial charge in [-0.15, -0.1) is 0 Å². The first-order valence-corrected chi connectivity index (χ1v) is 7.43. The Labute approximate surface area is 106 Å². The number of nitrogens with one attached hydrogen (secondary N) is 1. The minimum atomic E-state index is -0.00350. The van der Waals surface area contributed by atoms with Crippen LogP contribution in [0, 0.1) is 17.3 Å². The Balaban J connectivity index is 2.05. The number of carbonyl (C=O) groups excluding carboxylic acids is 1. The summed E-state index contributed by atoms with van der Waals surface area (Å²) in [6, 6.07) is 0. The highest BCUT2D eigenvalue weighted by Gasteiger charge is 2.43. The summed E-state index contributed by atoms with van der Waals surface area (Å²) in [5.41, 5.74) is -0.00350. The fourth-order valence-electron chi connectivity index (χ4n) is 3.87. The van der Waals surface area contributed by atoms with Crippen molar-refractivity contribution in [3.05, 3.63) is 0 Å². The molecule has 1 saturated carbocycles. The minimum Gasteiger partial charge on any atom is -0.316 e. The number of carbonyl (C=O) groups is 1. The van der Waals surface area contributed by atoms with Crippen LogP contribution in [0.15, 0.2) is 0 Å². The Morgan fingerprint density at radius 3 is 2.82 bits per heavy atom. The predicted octanol–water partition coefficient (Wildman–Crippen LogP) is 3.16. The minimum absolute atomic E-state index is 0.00350. The lowest BCUT2D eigenvalue weighted by Gasteiger charge is -2.34. The van der Waals surface area contributed by atoms with Gasteiger partial charge in [-0.3, -0.25) is 4.79 Å². The number of hydrogen-bond donors (Lipinski definition) is 1. The smallest absolute Gasteiger partial charge is 0.143 e. The molecule has 2 fully saturated rings. The highest BCUT2D eigenvalue weighted by Crippen LogP contribution is 2.40. The number of Topliss-reactive ketones (excluding diaryl/α,β-unsaturated/α-hetero) is 1. The highest BCUT2D eigenvalue weighted by molar-refractivity contribution is 5.87. The molecule has 17 heavy (non-hydrogen) atoms. The Kier molecular flexibility index (Phi) is 4.24. The molecule has 1 heterocycles. The molecule has 0 radical (unpaired) electrons. The molecule has 0 aromatic carbocycles. The van der Waals surface area contributed by atoms with Crippen LogP contribution in [0.2, 0.25) is 0 Å². The zero-order valence-corrected chi connectivity index (χ0v) is 11.4. The molecule has 1 saturated heterocycles. The van der Waals surface area contributed by atoms with E-state index in [0.717, 1.165) is 51.1 Å². The molecule has 98 valence electrons. The van der Waals surface area contributed by atoms with E-state index in [-0.39, 0.29) is 5.41 Å². The largest absolute Gasteiger partial charge is 0.316 e. The molecule has 1 N–H and O–H groups in total. The van der Waals surface area contributed by atoms with Crippen molar-refractivity contribution in [1.82, 2.24) is 5.32 Å². The van der Waals surface area contributed by atoms with E-state index in [2.05, 4.69) is 19.2 Å². The van der Waals surface area contributed by atoms with Crippen molar-refractivity contribution in [2.75, 3.05) is 13.1 Å². The van der Waals surface area contributed by atoms with Crippen molar-refractivity contribution in [3.63, 3.8) is 0 Å². The van der Waals surface area contributed by atoms with Crippen LogP contribution >= 0.6 is 0 Å². The fourth-order valence-corrected chi connectivity index (χ4v) is 3.87. The van der Waals surface area contributed by atoms with Gasteiger partial charge in [0, 0.05) is 17.9 Å². The molecule has 2 heteroatoms. The van der Waals surface area contributed by atoms with E-state index in [1.54, 1.807) is 0 Å². The SMILES string of the molecule is CCCC1(C(=O)C2CCCC(C)C2)CCNC1. The van der Waals surface area contributed by atoms with Gasteiger partial charge < -0.3 is 5.32 Å². The quantitative estimate of drug-likeness (QED) is 0.813. The van der Waals surface area contributed by atoms with Crippen molar-refractivity contribution in [2.24, 2.45) is 17.3 Å². The maximum absolute atomic E-state index is 12.8. The molecule has 2 aliphatic rings. The Morgan fingerprint density at radius 2 is 2.24 bits per heavy atom. The van der Waals surface area contributed by atoms with Crippen LogP contribution in [0.4, 0.5) is 0 Å². The van der Waals surface area contributed by atoms with Crippen LogP contribution < -0.4 is 5.32 Å². The van der Waals surface area contributed by atoms with Crippen molar-refractivity contribution in [1.29, 1.82) is 0 Å². The molecule has 0 amide bonds. The number of hydrogen-bond acceptors (Lipinski definition) is 2. The lowest BCUT2D eigenvalue weighted by atomic mass is 9.69. The van der Waals surface area contributed by atoms with E-state index in [1.807, 2.05) is 0 Å². The van der Waals surface area contributed by atoms with E-state index in [1.165, 1.54) is 12.8 Å². The average molecular weight is 237 g/mol. The first-order chi connectivity index (χ1) is 8.18. The third kappa shape index (κ3) is 2.73. The summed E-state index contributed by atoms with van der Waals surface area (Å²) in [6.45, 7) is 6.48. The van der Waals surface area contributed by atoms with Gasteiger partial charge in [-0.05, 0) is 38.1 Å².